The van der Waals surface area contributed by atoms with Crippen LogP contribution in [0.3, 0.4) is 0 Å². The van der Waals surface area contributed by atoms with Gasteiger partial charge < -0.3 is 19.1 Å². The molecule has 3 aliphatic rings. The molecule has 3 aromatic rings. The molecule has 0 bridgehead atoms. The first-order valence-electron chi connectivity index (χ1n) is 13.5. The quantitative estimate of drug-likeness (QED) is 0.369. The second kappa shape index (κ2) is 9.91. The number of hydrogen-bond acceptors (Lipinski definition) is 5. The predicted molar refractivity (Wildman–Crippen MR) is 147 cm³/mol. The van der Waals surface area contributed by atoms with Crippen LogP contribution in [0, 0.1) is 0 Å². The normalized spacial score (nSPS) is 22.3. The third kappa shape index (κ3) is 4.47. The Morgan fingerprint density at radius 1 is 1.05 bits per heavy atom. The van der Waals surface area contributed by atoms with Gasteiger partial charge in [0.2, 0.25) is 0 Å². The topological polar surface area (TPSA) is 60.9 Å². The van der Waals surface area contributed by atoms with Gasteiger partial charge in [-0.2, -0.15) is 0 Å². The van der Waals surface area contributed by atoms with Crippen LogP contribution in [0.25, 0.3) is 11.6 Å². The molecule has 1 amide bonds. The summed E-state index contributed by atoms with van der Waals surface area (Å²) < 4.78 is 18.4. The molecule has 2 aliphatic carbocycles. The highest BCUT2D eigenvalue weighted by Crippen LogP contribution is 2.49. The molecule has 0 N–H and O–H groups in total. The number of aromatic nitrogens is 1. The third-order valence-corrected chi connectivity index (χ3v) is 7.98. The van der Waals surface area contributed by atoms with Gasteiger partial charge in [0, 0.05) is 24.4 Å². The fourth-order valence-corrected chi connectivity index (χ4v) is 6.24. The van der Waals surface area contributed by atoms with E-state index >= 15 is 0 Å². The number of carbonyl (C=O) groups excluding carboxylic acids is 1. The Labute approximate surface area is 224 Å². The molecule has 6 rings (SSSR count). The molecule has 1 aromatic heterocycles. The maximum absolute atomic E-state index is 14.5. The zero-order valence-corrected chi connectivity index (χ0v) is 22.2. The van der Waals surface area contributed by atoms with Gasteiger partial charge in [-0.15, -0.1) is 0 Å². The van der Waals surface area contributed by atoms with Gasteiger partial charge in [0.25, 0.3) is 5.91 Å². The summed E-state index contributed by atoms with van der Waals surface area (Å²) in [5.74, 6) is 1.34. The van der Waals surface area contributed by atoms with Crippen LogP contribution in [-0.2, 0) is 16.0 Å². The molecule has 2 unspecified atom stereocenters. The summed E-state index contributed by atoms with van der Waals surface area (Å²) in [5, 5.41) is 0. The number of methoxy groups -OCH3 is 1. The largest absolute Gasteiger partial charge is 0.493 e. The summed E-state index contributed by atoms with van der Waals surface area (Å²) in [6.45, 7) is 3.97. The Hall–Kier alpha value is -3.64. The third-order valence-electron chi connectivity index (χ3n) is 7.98. The van der Waals surface area contributed by atoms with Crippen LogP contribution >= 0.6 is 0 Å². The Kier molecular flexibility index (Phi) is 6.44. The molecule has 2 aromatic carbocycles. The van der Waals surface area contributed by atoms with E-state index in [0.717, 1.165) is 30.4 Å². The molecule has 38 heavy (non-hydrogen) atoms. The van der Waals surface area contributed by atoms with E-state index in [0.29, 0.717) is 17.1 Å². The molecule has 0 radical (unpaired) electrons. The fourth-order valence-electron chi connectivity index (χ4n) is 6.24. The SMILES string of the molecule is COc1ccc(/C=C(/C(=O)N2C3c4ccccc4CC3OC2(C)C)c2ccncc2)cc1OC1CCCC1. The average Bonchev–Trinajstić information content (AvgIpc) is 3.61. The molecule has 2 fully saturated rings. The molecular formula is C32H34N2O4. The minimum Gasteiger partial charge on any atom is -0.493 e. The number of nitrogens with zero attached hydrogens (tertiary/aromatic N) is 2. The van der Waals surface area contributed by atoms with Crippen molar-refractivity contribution in [1.82, 2.24) is 9.88 Å². The summed E-state index contributed by atoms with van der Waals surface area (Å²) in [6.07, 6.45) is 10.8. The van der Waals surface area contributed by atoms with Crippen molar-refractivity contribution in [1.29, 1.82) is 0 Å². The van der Waals surface area contributed by atoms with E-state index < -0.39 is 5.72 Å². The van der Waals surface area contributed by atoms with Crippen molar-refractivity contribution < 1.29 is 19.0 Å². The van der Waals surface area contributed by atoms with Crippen molar-refractivity contribution >= 4 is 17.6 Å². The van der Waals surface area contributed by atoms with Gasteiger partial charge in [-0.3, -0.25) is 9.78 Å². The molecule has 1 aliphatic heterocycles. The predicted octanol–water partition coefficient (Wildman–Crippen LogP) is 6.21. The summed E-state index contributed by atoms with van der Waals surface area (Å²) in [7, 11) is 1.66. The van der Waals surface area contributed by atoms with Crippen molar-refractivity contribution in [2.75, 3.05) is 7.11 Å². The minimum atomic E-state index is -0.747. The second-order valence-corrected chi connectivity index (χ2v) is 10.9. The highest BCUT2D eigenvalue weighted by molar-refractivity contribution is 6.24. The zero-order valence-electron chi connectivity index (χ0n) is 22.2. The lowest BCUT2D eigenvalue weighted by Crippen LogP contribution is -2.45. The van der Waals surface area contributed by atoms with Crippen molar-refractivity contribution in [3.63, 3.8) is 0 Å². The summed E-state index contributed by atoms with van der Waals surface area (Å²) in [5.41, 5.74) is 3.94. The fraction of sp³-hybridized carbons (Fsp3) is 0.375. The van der Waals surface area contributed by atoms with Gasteiger partial charge in [0.05, 0.1) is 25.4 Å². The zero-order chi connectivity index (χ0) is 26.3. The van der Waals surface area contributed by atoms with Crippen molar-refractivity contribution in [3.05, 3.63) is 89.2 Å². The molecule has 2 atom stereocenters. The second-order valence-electron chi connectivity index (χ2n) is 10.9. The van der Waals surface area contributed by atoms with E-state index in [9.17, 15) is 4.79 Å². The van der Waals surface area contributed by atoms with Crippen LogP contribution in [0.2, 0.25) is 0 Å². The Morgan fingerprint density at radius 2 is 1.82 bits per heavy atom. The number of hydrogen-bond donors (Lipinski definition) is 0. The van der Waals surface area contributed by atoms with Crippen molar-refractivity contribution in [3.8, 4) is 11.5 Å². The van der Waals surface area contributed by atoms with Crippen LogP contribution < -0.4 is 9.47 Å². The number of fused-ring (bicyclic) bond motifs is 3. The highest BCUT2D eigenvalue weighted by atomic mass is 16.5. The molecule has 6 nitrogen and oxygen atoms in total. The van der Waals surface area contributed by atoms with Crippen LogP contribution in [0.1, 0.15) is 67.8 Å². The number of carbonyl (C=O) groups is 1. The van der Waals surface area contributed by atoms with Crippen LogP contribution in [0.5, 0.6) is 11.5 Å². The molecule has 1 saturated carbocycles. The van der Waals surface area contributed by atoms with Crippen LogP contribution in [0.4, 0.5) is 0 Å². The first-order chi connectivity index (χ1) is 18.4. The molecule has 196 valence electrons. The number of amides is 1. The van der Waals surface area contributed by atoms with Gasteiger partial charge in [-0.05, 0) is 92.1 Å². The standard InChI is InChI=1S/C32H34N2O4/c1-32(2)34(30-25-11-7-4-8-23(25)20-29(30)38-32)31(35)26(22-14-16-33-17-15-22)18-21-12-13-27(36-3)28(19-21)37-24-9-5-6-10-24/h4,7-8,11-19,24,29-30H,5-6,9-10,20H2,1-3H3/b26-18+. The van der Waals surface area contributed by atoms with E-state index in [1.165, 1.54) is 24.0 Å². The van der Waals surface area contributed by atoms with E-state index in [-0.39, 0.29) is 24.2 Å². The average molecular weight is 511 g/mol. The van der Waals surface area contributed by atoms with Gasteiger partial charge in [-0.1, -0.05) is 30.3 Å². The Bertz CT molecular complexity index is 1360. The lowest BCUT2D eigenvalue weighted by Gasteiger charge is -2.34. The van der Waals surface area contributed by atoms with E-state index in [1.807, 2.05) is 67.3 Å². The molecule has 6 heteroatoms. The molecule has 2 heterocycles. The summed E-state index contributed by atoms with van der Waals surface area (Å²) in [4.78, 5) is 20.6. The van der Waals surface area contributed by atoms with Crippen molar-refractivity contribution in [2.24, 2.45) is 0 Å². The van der Waals surface area contributed by atoms with Gasteiger partial charge in [0.1, 0.15) is 5.72 Å². The van der Waals surface area contributed by atoms with Crippen molar-refractivity contribution in [2.45, 2.75) is 69.9 Å². The van der Waals surface area contributed by atoms with Crippen LogP contribution in [0.15, 0.2) is 67.0 Å². The smallest absolute Gasteiger partial charge is 0.257 e. The number of benzene rings is 2. The Morgan fingerprint density at radius 3 is 2.58 bits per heavy atom. The maximum atomic E-state index is 14.5. The number of pyridine rings is 1. The molecule has 1 saturated heterocycles. The van der Waals surface area contributed by atoms with Gasteiger partial charge in [-0.25, -0.2) is 0 Å². The lowest BCUT2D eigenvalue weighted by molar-refractivity contribution is -0.141. The first kappa shape index (κ1) is 24.7. The highest BCUT2D eigenvalue weighted by Gasteiger charge is 2.54. The first-order valence-corrected chi connectivity index (χ1v) is 13.5. The maximum Gasteiger partial charge on any atom is 0.257 e. The Balaban J connectivity index is 1.41. The number of ether oxygens (including phenoxy) is 3. The molecular weight excluding hydrogens is 476 g/mol. The minimum absolute atomic E-state index is 0.0579. The summed E-state index contributed by atoms with van der Waals surface area (Å²) in [6, 6.07) is 17.8. The van der Waals surface area contributed by atoms with E-state index in [4.69, 9.17) is 14.2 Å². The van der Waals surface area contributed by atoms with E-state index in [1.54, 1.807) is 19.5 Å². The van der Waals surface area contributed by atoms with Crippen LogP contribution in [-0.4, -0.2) is 40.8 Å². The monoisotopic (exact) mass is 510 g/mol. The molecule has 0 spiro atoms. The van der Waals surface area contributed by atoms with E-state index in [2.05, 4.69) is 17.1 Å². The number of rotatable bonds is 6. The lowest BCUT2D eigenvalue weighted by atomic mass is 9.98. The van der Waals surface area contributed by atoms with Gasteiger partial charge >= 0.3 is 0 Å². The van der Waals surface area contributed by atoms with Gasteiger partial charge in [0.15, 0.2) is 11.5 Å². The summed E-state index contributed by atoms with van der Waals surface area (Å²) >= 11 is 0.